The average molecular weight is 529 g/mol. The van der Waals surface area contributed by atoms with Crippen LogP contribution in [0.2, 0.25) is 0 Å². The summed E-state index contributed by atoms with van der Waals surface area (Å²) in [6.45, 7) is 4.27. The van der Waals surface area contributed by atoms with Crippen molar-refractivity contribution in [3.63, 3.8) is 0 Å². The molecule has 0 saturated carbocycles. The molecule has 3 aromatic rings. The summed E-state index contributed by atoms with van der Waals surface area (Å²) in [4.78, 5) is 12.6. The number of ether oxygens (including phenoxy) is 1. The molecule has 0 unspecified atom stereocenters. The van der Waals surface area contributed by atoms with Crippen LogP contribution in [-0.2, 0) is 17.6 Å². The number of aryl methyl sites for hydroxylation is 2. The highest BCUT2D eigenvalue weighted by Crippen LogP contribution is 2.31. The second-order valence-electron chi connectivity index (χ2n) is 7.67. The lowest BCUT2D eigenvalue weighted by Crippen LogP contribution is -2.14. The predicted molar refractivity (Wildman–Crippen MR) is 128 cm³/mol. The van der Waals surface area contributed by atoms with Gasteiger partial charge in [0.1, 0.15) is 24.0 Å². The lowest BCUT2D eigenvalue weighted by molar-refractivity contribution is -0.137. The monoisotopic (exact) mass is 528 g/mol. The van der Waals surface area contributed by atoms with Gasteiger partial charge in [-0.25, -0.2) is 0 Å². The predicted octanol–water partition coefficient (Wildman–Crippen LogP) is 7.21. The molecule has 3 aromatic carbocycles. The SMILES string of the molecule is Cc1cc(C)cc(COc2ccc(Br)cc2/C=C(\C#N)C(=O)Nc2cccc(C(F)(F)F)c2)c1. The van der Waals surface area contributed by atoms with E-state index in [2.05, 4.69) is 27.3 Å². The largest absolute Gasteiger partial charge is 0.488 e. The summed E-state index contributed by atoms with van der Waals surface area (Å²) in [5.41, 5.74) is 2.39. The number of nitrogens with one attached hydrogen (secondary N) is 1. The van der Waals surface area contributed by atoms with Gasteiger partial charge in [0.05, 0.1) is 5.56 Å². The van der Waals surface area contributed by atoms with Gasteiger partial charge in [-0.15, -0.1) is 0 Å². The molecule has 0 aliphatic rings. The minimum absolute atomic E-state index is 0.0680. The summed E-state index contributed by atoms with van der Waals surface area (Å²) in [6.07, 6.45) is -3.21. The van der Waals surface area contributed by atoms with Crippen molar-refractivity contribution < 1.29 is 22.7 Å². The van der Waals surface area contributed by atoms with Crippen LogP contribution in [0.3, 0.4) is 0 Å². The Morgan fingerprint density at radius 1 is 1.09 bits per heavy atom. The molecule has 0 saturated heterocycles. The fourth-order valence-corrected chi connectivity index (χ4v) is 3.73. The van der Waals surface area contributed by atoms with Gasteiger partial charge < -0.3 is 10.1 Å². The molecule has 1 amide bonds. The van der Waals surface area contributed by atoms with Crippen LogP contribution in [0.15, 0.2) is 70.7 Å². The number of amides is 1. The van der Waals surface area contributed by atoms with E-state index in [9.17, 15) is 23.2 Å². The Kier molecular flexibility index (Phi) is 7.79. The number of hydrogen-bond donors (Lipinski definition) is 1. The van der Waals surface area contributed by atoms with Crippen LogP contribution in [0.5, 0.6) is 5.75 Å². The molecule has 0 radical (unpaired) electrons. The molecule has 8 heteroatoms. The van der Waals surface area contributed by atoms with Crippen molar-refractivity contribution >= 4 is 33.6 Å². The first-order valence-corrected chi connectivity index (χ1v) is 10.9. The Morgan fingerprint density at radius 3 is 2.44 bits per heavy atom. The van der Waals surface area contributed by atoms with E-state index in [1.807, 2.05) is 26.0 Å². The Bertz CT molecular complexity index is 1270. The summed E-state index contributed by atoms with van der Waals surface area (Å²) in [6, 6.07) is 17.2. The first kappa shape index (κ1) is 25.1. The number of alkyl halides is 3. The van der Waals surface area contributed by atoms with Crippen LogP contribution >= 0.6 is 15.9 Å². The van der Waals surface area contributed by atoms with Crippen LogP contribution in [0.4, 0.5) is 18.9 Å². The maximum atomic E-state index is 12.9. The van der Waals surface area contributed by atoms with Crippen molar-refractivity contribution in [3.05, 3.63) is 98.5 Å². The molecule has 0 bridgehead atoms. The van der Waals surface area contributed by atoms with Crippen molar-refractivity contribution in [2.24, 2.45) is 0 Å². The number of carbonyl (C=O) groups excluding carboxylic acids is 1. The van der Waals surface area contributed by atoms with Crippen molar-refractivity contribution in [2.75, 3.05) is 5.32 Å². The maximum absolute atomic E-state index is 12.9. The van der Waals surface area contributed by atoms with E-state index >= 15 is 0 Å². The molecular formula is C26H20BrF3N2O2. The van der Waals surface area contributed by atoms with E-state index in [0.717, 1.165) is 28.8 Å². The molecule has 1 N–H and O–H groups in total. The van der Waals surface area contributed by atoms with E-state index < -0.39 is 17.6 Å². The Hall–Kier alpha value is -3.57. The van der Waals surface area contributed by atoms with Crippen LogP contribution in [0.25, 0.3) is 6.08 Å². The Labute approximate surface area is 203 Å². The Morgan fingerprint density at radius 2 is 1.79 bits per heavy atom. The Balaban J connectivity index is 1.84. The van der Waals surface area contributed by atoms with E-state index in [1.54, 1.807) is 24.3 Å². The van der Waals surface area contributed by atoms with Gasteiger partial charge in [-0.1, -0.05) is 51.3 Å². The smallest absolute Gasteiger partial charge is 0.416 e. The van der Waals surface area contributed by atoms with Gasteiger partial charge in [0.25, 0.3) is 5.91 Å². The minimum Gasteiger partial charge on any atom is -0.488 e. The fraction of sp³-hybridized carbons (Fsp3) is 0.154. The van der Waals surface area contributed by atoms with E-state index in [-0.39, 0.29) is 17.9 Å². The third-order valence-corrected chi connectivity index (χ3v) is 5.25. The molecule has 0 aliphatic carbocycles. The molecule has 0 spiro atoms. The number of carbonyl (C=O) groups is 1. The molecule has 3 rings (SSSR count). The van der Waals surface area contributed by atoms with Crippen molar-refractivity contribution in [1.29, 1.82) is 5.26 Å². The first-order valence-electron chi connectivity index (χ1n) is 10.1. The van der Waals surface area contributed by atoms with E-state index in [4.69, 9.17) is 4.74 Å². The van der Waals surface area contributed by atoms with E-state index in [1.165, 1.54) is 18.2 Å². The lowest BCUT2D eigenvalue weighted by atomic mass is 10.1. The number of rotatable bonds is 6. The van der Waals surface area contributed by atoms with Gasteiger partial charge in [-0.05, 0) is 61.9 Å². The average Bonchev–Trinajstić information content (AvgIpc) is 2.75. The highest BCUT2D eigenvalue weighted by atomic mass is 79.9. The number of nitrogens with zero attached hydrogens (tertiary/aromatic N) is 1. The molecule has 4 nitrogen and oxygen atoms in total. The normalized spacial score (nSPS) is 11.6. The van der Waals surface area contributed by atoms with Crippen LogP contribution in [-0.4, -0.2) is 5.91 Å². The molecule has 0 aromatic heterocycles. The molecule has 174 valence electrons. The van der Waals surface area contributed by atoms with Gasteiger partial charge in [0, 0.05) is 15.7 Å². The molecule has 0 heterocycles. The van der Waals surface area contributed by atoms with Gasteiger partial charge in [-0.2, -0.15) is 18.4 Å². The number of hydrogen-bond acceptors (Lipinski definition) is 3. The summed E-state index contributed by atoms with van der Waals surface area (Å²) >= 11 is 3.37. The molecular weight excluding hydrogens is 509 g/mol. The number of benzene rings is 3. The van der Waals surface area contributed by atoms with Crippen LogP contribution in [0, 0.1) is 25.2 Å². The minimum atomic E-state index is -4.55. The maximum Gasteiger partial charge on any atom is 0.416 e. The molecule has 0 aliphatic heterocycles. The summed E-state index contributed by atoms with van der Waals surface area (Å²) < 4.78 is 45.5. The van der Waals surface area contributed by atoms with Gasteiger partial charge >= 0.3 is 6.18 Å². The van der Waals surface area contributed by atoms with Crippen molar-refractivity contribution in [3.8, 4) is 11.8 Å². The third kappa shape index (κ3) is 6.72. The zero-order valence-electron chi connectivity index (χ0n) is 18.3. The fourth-order valence-electron chi connectivity index (χ4n) is 3.35. The topological polar surface area (TPSA) is 62.1 Å². The third-order valence-electron chi connectivity index (χ3n) is 4.76. The zero-order valence-corrected chi connectivity index (χ0v) is 19.9. The molecule has 34 heavy (non-hydrogen) atoms. The summed E-state index contributed by atoms with van der Waals surface area (Å²) in [7, 11) is 0. The van der Waals surface area contributed by atoms with Gasteiger partial charge in [0.15, 0.2) is 0 Å². The van der Waals surface area contributed by atoms with Crippen LogP contribution in [0.1, 0.15) is 27.8 Å². The van der Waals surface area contributed by atoms with Crippen molar-refractivity contribution in [2.45, 2.75) is 26.6 Å². The quantitative estimate of drug-likeness (QED) is 0.271. The molecule has 0 atom stereocenters. The second-order valence-corrected chi connectivity index (χ2v) is 8.58. The van der Waals surface area contributed by atoms with Crippen molar-refractivity contribution in [1.82, 2.24) is 0 Å². The number of halogens is 4. The number of nitriles is 1. The highest BCUT2D eigenvalue weighted by Gasteiger charge is 2.30. The first-order chi connectivity index (χ1) is 16.0. The summed E-state index contributed by atoms with van der Waals surface area (Å²) in [5, 5.41) is 11.9. The standard InChI is InChI=1S/C26H20BrF3N2O2/c1-16-8-17(2)10-18(9-16)15-34-24-7-6-22(27)12-19(24)11-20(14-31)25(33)32-23-5-3-4-21(13-23)26(28,29)30/h3-13H,15H2,1-2H3,(H,32,33)/b20-11+. The number of anilines is 1. The van der Waals surface area contributed by atoms with Gasteiger partial charge in [0.2, 0.25) is 0 Å². The van der Waals surface area contributed by atoms with Crippen LogP contribution < -0.4 is 10.1 Å². The summed E-state index contributed by atoms with van der Waals surface area (Å²) in [5.74, 6) is -0.385. The van der Waals surface area contributed by atoms with E-state index in [0.29, 0.717) is 15.8 Å². The molecule has 0 fully saturated rings. The lowest BCUT2D eigenvalue weighted by Gasteiger charge is -2.12. The zero-order chi connectivity index (χ0) is 24.9. The van der Waals surface area contributed by atoms with Gasteiger partial charge in [-0.3, -0.25) is 4.79 Å². The highest BCUT2D eigenvalue weighted by molar-refractivity contribution is 9.10. The second kappa shape index (κ2) is 10.6.